The van der Waals surface area contributed by atoms with Crippen LogP contribution in [0.3, 0.4) is 0 Å². The summed E-state index contributed by atoms with van der Waals surface area (Å²) in [6.45, 7) is 2.37. The molecule has 0 heterocycles. The fraction of sp³-hybridized carbons (Fsp3) is 0.846. The van der Waals surface area contributed by atoms with Crippen molar-refractivity contribution in [2.45, 2.75) is 24.5 Å². The molecule has 0 radical (unpaired) electrons. The molecular formula is C13H26N2O4S. The largest absolute Gasteiger partial charge is 0.385 e. The molecule has 2 N–H and O–H groups in total. The number of thioether (sulfide) groups is 1. The average molecular weight is 306 g/mol. The fourth-order valence-corrected chi connectivity index (χ4v) is 2.13. The van der Waals surface area contributed by atoms with Gasteiger partial charge in [0.05, 0.1) is 5.25 Å². The second-order valence-electron chi connectivity index (χ2n) is 4.26. The third-order valence-electron chi connectivity index (χ3n) is 2.62. The van der Waals surface area contributed by atoms with Gasteiger partial charge in [-0.05, 0) is 19.1 Å². The van der Waals surface area contributed by atoms with E-state index in [0.717, 1.165) is 12.8 Å². The molecule has 0 spiro atoms. The van der Waals surface area contributed by atoms with Crippen molar-refractivity contribution in [3.8, 4) is 0 Å². The first-order chi connectivity index (χ1) is 9.65. The SMILES string of the molecule is COCCCNC(=O)CC(SC)C(=O)NCCCOC. The molecule has 7 heteroatoms. The minimum absolute atomic E-state index is 0.0966. The Morgan fingerprint density at radius 3 is 2.10 bits per heavy atom. The zero-order valence-corrected chi connectivity index (χ0v) is 13.4. The lowest BCUT2D eigenvalue weighted by Gasteiger charge is -2.14. The highest BCUT2D eigenvalue weighted by Gasteiger charge is 2.20. The number of nitrogens with one attached hydrogen (secondary N) is 2. The normalized spacial score (nSPS) is 11.9. The van der Waals surface area contributed by atoms with Crippen LogP contribution in [0.15, 0.2) is 0 Å². The van der Waals surface area contributed by atoms with Crippen LogP contribution >= 0.6 is 11.8 Å². The van der Waals surface area contributed by atoms with Crippen LogP contribution in [0.4, 0.5) is 0 Å². The van der Waals surface area contributed by atoms with Crippen molar-refractivity contribution in [3.05, 3.63) is 0 Å². The lowest BCUT2D eigenvalue weighted by Crippen LogP contribution is -2.37. The van der Waals surface area contributed by atoms with Crippen LogP contribution < -0.4 is 10.6 Å². The molecule has 6 nitrogen and oxygen atoms in total. The van der Waals surface area contributed by atoms with Crippen molar-refractivity contribution in [3.63, 3.8) is 0 Å². The zero-order valence-electron chi connectivity index (χ0n) is 12.6. The van der Waals surface area contributed by atoms with Gasteiger partial charge in [0.2, 0.25) is 11.8 Å². The predicted octanol–water partition coefficient (Wildman–Crippen LogP) is 0.414. The Morgan fingerprint density at radius 1 is 1.05 bits per heavy atom. The number of carbonyl (C=O) groups excluding carboxylic acids is 2. The first-order valence-electron chi connectivity index (χ1n) is 6.70. The topological polar surface area (TPSA) is 76.7 Å². The van der Waals surface area contributed by atoms with E-state index in [1.807, 2.05) is 6.26 Å². The summed E-state index contributed by atoms with van der Waals surface area (Å²) < 4.78 is 9.81. The van der Waals surface area contributed by atoms with E-state index < -0.39 is 0 Å². The molecule has 0 rings (SSSR count). The van der Waals surface area contributed by atoms with Crippen LogP contribution in [0.25, 0.3) is 0 Å². The summed E-state index contributed by atoms with van der Waals surface area (Å²) >= 11 is 1.39. The number of rotatable bonds is 12. The maximum absolute atomic E-state index is 11.9. The van der Waals surface area contributed by atoms with Gasteiger partial charge in [-0.2, -0.15) is 11.8 Å². The van der Waals surface area contributed by atoms with Gasteiger partial charge in [0.1, 0.15) is 0 Å². The quantitative estimate of drug-likeness (QED) is 0.511. The maximum Gasteiger partial charge on any atom is 0.233 e. The molecule has 0 fully saturated rings. The summed E-state index contributed by atoms with van der Waals surface area (Å²) in [6, 6.07) is 0. The lowest BCUT2D eigenvalue weighted by molar-refractivity contribution is -0.126. The Balaban J connectivity index is 3.87. The second kappa shape index (κ2) is 13.2. The van der Waals surface area contributed by atoms with Gasteiger partial charge in [-0.15, -0.1) is 0 Å². The minimum Gasteiger partial charge on any atom is -0.385 e. The van der Waals surface area contributed by atoms with Gasteiger partial charge in [0.15, 0.2) is 0 Å². The summed E-state index contributed by atoms with van der Waals surface area (Å²) in [5, 5.41) is 5.24. The molecule has 0 bridgehead atoms. The number of hydrogen-bond acceptors (Lipinski definition) is 5. The zero-order chi connectivity index (χ0) is 15.2. The number of carbonyl (C=O) groups is 2. The van der Waals surface area contributed by atoms with Gasteiger partial charge in [-0.1, -0.05) is 0 Å². The molecule has 1 atom stereocenters. The summed E-state index contributed by atoms with van der Waals surface area (Å²) in [6.07, 6.45) is 3.57. The van der Waals surface area contributed by atoms with Crippen LogP contribution in [0.5, 0.6) is 0 Å². The van der Waals surface area contributed by atoms with Gasteiger partial charge < -0.3 is 20.1 Å². The summed E-state index contributed by atoms with van der Waals surface area (Å²) in [5.41, 5.74) is 0. The monoisotopic (exact) mass is 306 g/mol. The van der Waals surface area contributed by atoms with Crippen molar-refractivity contribution in [1.82, 2.24) is 10.6 Å². The van der Waals surface area contributed by atoms with Crippen LogP contribution in [-0.4, -0.2) is 63.8 Å². The first-order valence-corrected chi connectivity index (χ1v) is 7.99. The van der Waals surface area contributed by atoms with Crippen molar-refractivity contribution < 1.29 is 19.1 Å². The Morgan fingerprint density at radius 2 is 1.60 bits per heavy atom. The molecule has 118 valence electrons. The van der Waals surface area contributed by atoms with Crippen molar-refractivity contribution in [2.75, 3.05) is 46.8 Å². The molecule has 1 unspecified atom stereocenters. The van der Waals surface area contributed by atoms with E-state index in [4.69, 9.17) is 9.47 Å². The summed E-state index contributed by atoms with van der Waals surface area (Å²) in [7, 11) is 3.25. The molecule has 0 aliphatic heterocycles. The molecule has 2 amide bonds. The van der Waals surface area contributed by atoms with Gasteiger partial charge >= 0.3 is 0 Å². The minimum atomic E-state index is -0.347. The standard InChI is InChI=1S/C13H26N2O4S/c1-18-8-4-6-14-12(16)10-11(20-3)13(17)15-7-5-9-19-2/h11H,4-10H2,1-3H3,(H,14,16)(H,15,17). The van der Waals surface area contributed by atoms with E-state index in [9.17, 15) is 9.59 Å². The number of ether oxygens (including phenoxy) is 2. The first kappa shape index (κ1) is 19.2. The number of methoxy groups -OCH3 is 2. The van der Waals surface area contributed by atoms with Crippen molar-refractivity contribution in [2.24, 2.45) is 0 Å². The summed E-state index contributed by atoms with van der Waals surface area (Å²) in [5.74, 6) is -0.201. The Bertz CT molecular complexity index is 277. The molecule has 0 aromatic rings. The lowest BCUT2D eigenvalue weighted by atomic mass is 10.2. The highest BCUT2D eigenvalue weighted by atomic mass is 32.2. The van der Waals surface area contributed by atoms with Crippen LogP contribution in [-0.2, 0) is 19.1 Å². The molecule has 0 aromatic carbocycles. The smallest absolute Gasteiger partial charge is 0.233 e. The number of hydrogen-bond donors (Lipinski definition) is 2. The van der Waals surface area contributed by atoms with Gasteiger partial charge in [0, 0.05) is 46.9 Å². The van der Waals surface area contributed by atoms with E-state index in [1.54, 1.807) is 14.2 Å². The molecule has 20 heavy (non-hydrogen) atoms. The number of amides is 2. The molecule has 0 aliphatic rings. The molecular weight excluding hydrogens is 280 g/mol. The van der Waals surface area contributed by atoms with E-state index in [0.29, 0.717) is 26.3 Å². The van der Waals surface area contributed by atoms with Gasteiger partial charge in [-0.25, -0.2) is 0 Å². The Kier molecular flexibility index (Phi) is 12.7. The highest BCUT2D eigenvalue weighted by Crippen LogP contribution is 2.11. The average Bonchev–Trinajstić information content (AvgIpc) is 2.45. The van der Waals surface area contributed by atoms with Gasteiger partial charge in [-0.3, -0.25) is 9.59 Å². The van der Waals surface area contributed by atoms with E-state index in [1.165, 1.54) is 11.8 Å². The fourth-order valence-electron chi connectivity index (χ4n) is 1.51. The molecule has 0 aromatic heterocycles. The third kappa shape index (κ3) is 10.1. The van der Waals surface area contributed by atoms with Crippen molar-refractivity contribution >= 4 is 23.6 Å². The predicted molar refractivity (Wildman–Crippen MR) is 80.9 cm³/mol. The van der Waals surface area contributed by atoms with E-state index in [-0.39, 0.29) is 23.5 Å². The van der Waals surface area contributed by atoms with Crippen molar-refractivity contribution in [1.29, 1.82) is 0 Å². The van der Waals surface area contributed by atoms with Gasteiger partial charge in [0.25, 0.3) is 0 Å². The van der Waals surface area contributed by atoms with E-state index >= 15 is 0 Å². The highest BCUT2D eigenvalue weighted by molar-refractivity contribution is 7.99. The summed E-state index contributed by atoms with van der Waals surface area (Å²) in [4.78, 5) is 23.6. The molecule has 0 aliphatic carbocycles. The Labute approximate surface area is 125 Å². The Hall–Kier alpha value is -0.790. The van der Waals surface area contributed by atoms with E-state index in [2.05, 4.69) is 10.6 Å². The maximum atomic E-state index is 11.9. The third-order valence-corrected chi connectivity index (χ3v) is 3.57. The van der Waals surface area contributed by atoms with Crippen LogP contribution in [0.1, 0.15) is 19.3 Å². The molecule has 0 saturated carbocycles. The molecule has 0 saturated heterocycles. The van der Waals surface area contributed by atoms with Crippen LogP contribution in [0, 0.1) is 0 Å². The second-order valence-corrected chi connectivity index (χ2v) is 5.30. The van der Waals surface area contributed by atoms with Crippen LogP contribution in [0.2, 0.25) is 0 Å².